The van der Waals surface area contributed by atoms with Gasteiger partial charge in [0, 0.05) is 9.75 Å². The van der Waals surface area contributed by atoms with Crippen LogP contribution in [0.15, 0.2) is 12.1 Å². The Balaban J connectivity index is 1.66. The van der Waals surface area contributed by atoms with Crippen LogP contribution in [0.5, 0.6) is 0 Å². The fourth-order valence-electron chi connectivity index (χ4n) is 4.01. The smallest absolute Gasteiger partial charge is 0.0706 e. The van der Waals surface area contributed by atoms with Crippen molar-refractivity contribution >= 4 is 22.9 Å². The van der Waals surface area contributed by atoms with Crippen LogP contribution in [0.3, 0.4) is 0 Å². The molecule has 0 aliphatic heterocycles. The average Bonchev–Trinajstić information content (AvgIpc) is 2.84. The predicted octanol–water partition coefficient (Wildman–Crippen LogP) is 5.94. The topological polar surface area (TPSA) is 0 Å². The summed E-state index contributed by atoms with van der Waals surface area (Å²) >= 11 is 8.63. The number of fused-ring (bicyclic) bond motifs is 1. The molecule has 0 saturated heterocycles. The van der Waals surface area contributed by atoms with E-state index >= 15 is 0 Å². The molecule has 100 valence electrons. The second kappa shape index (κ2) is 5.54. The number of halogens is 1. The Morgan fingerprint density at radius 3 is 2.61 bits per heavy atom. The van der Waals surface area contributed by atoms with Crippen molar-refractivity contribution in [2.45, 2.75) is 57.2 Å². The van der Waals surface area contributed by atoms with Crippen LogP contribution in [0, 0.1) is 24.7 Å². The number of hydrogen-bond acceptors (Lipinski definition) is 1. The maximum atomic E-state index is 6.74. The van der Waals surface area contributed by atoms with Crippen LogP contribution in [0.1, 0.15) is 60.1 Å². The highest BCUT2D eigenvalue weighted by molar-refractivity contribution is 7.12. The molecular weight excluding hydrogens is 260 g/mol. The summed E-state index contributed by atoms with van der Waals surface area (Å²) in [5.74, 6) is 2.74. The molecule has 1 aromatic rings. The van der Waals surface area contributed by atoms with E-state index in [4.69, 9.17) is 11.6 Å². The molecule has 2 aliphatic carbocycles. The van der Waals surface area contributed by atoms with E-state index < -0.39 is 0 Å². The summed E-state index contributed by atoms with van der Waals surface area (Å²) in [6, 6.07) is 4.45. The van der Waals surface area contributed by atoms with Crippen molar-refractivity contribution in [3.63, 3.8) is 0 Å². The molecule has 0 radical (unpaired) electrons. The van der Waals surface area contributed by atoms with Crippen LogP contribution in [0.4, 0.5) is 0 Å². The molecule has 2 aliphatic rings. The number of alkyl halides is 1. The van der Waals surface area contributed by atoms with Crippen molar-refractivity contribution in [1.82, 2.24) is 0 Å². The van der Waals surface area contributed by atoms with Gasteiger partial charge in [0.25, 0.3) is 0 Å². The fourth-order valence-corrected chi connectivity index (χ4v) is 5.39. The highest BCUT2D eigenvalue weighted by atomic mass is 35.5. The van der Waals surface area contributed by atoms with E-state index in [9.17, 15) is 0 Å². The van der Waals surface area contributed by atoms with Gasteiger partial charge in [-0.25, -0.2) is 0 Å². The Labute approximate surface area is 120 Å². The molecule has 1 aromatic heterocycles. The van der Waals surface area contributed by atoms with Gasteiger partial charge in [-0.2, -0.15) is 0 Å². The summed E-state index contributed by atoms with van der Waals surface area (Å²) in [7, 11) is 0. The molecule has 0 aromatic carbocycles. The zero-order chi connectivity index (χ0) is 12.5. The van der Waals surface area contributed by atoms with Gasteiger partial charge in [-0.1, -0.05) is 25.7 Å². The lowest BCUT2D eigenvalue weighted by Gasteiger charge is -2.40. The predicted molar refractivity (Wildman–Crippen MR) is 80.4 cm³/mol. The Kier molecular flexibility index (Phi) is 4.00. The van der Waals surface area contributed by atoms with Gasteiger partial charge in [-0.3, -0.25) is 0 Å². The van der Waals surface area contributed by atoms with Crippen LogP contribution in [-0.2, 0) is 0 Å². The van der Waals surface area contributed by atoms with Crippen LogP contribution in [-0.4, -0.2) is 0 Å². The van der Waals surface area contributed by atoms with Crippen molar-refractivity contribution < 1.29 is 0 Å². The molecule has 0 bridgehead atoms. The van der Waals surface area contributed by atoms with Gasteiger partial charge in [0.15, 0.2) is 0 Å². The average molecular weight is 283 g/mol. The van der Waals surface area contributed by atoms with Crippen LogP contribution in [0.25, 0.3) is 0 Å². The van der Waals surface area contributed by atoms with E-state index in [1.807, 2.05) is 11.3 Å². The number of aryl methyl sites for hydroxylation is 1. The largest absolute Gasteiger partial charge is 0.144 e. The highest BCUT2D eigenvalue weighted by Gasteiger charge is 2.35. The summed E-state index contributed by atoms with van der Waals surface area (Å²) in [6.07, 6.45) is 10.1. The van der Waals surface area contributed by atoms with E-state index in [2.05, 4.69) is 19.1 Å². The molecule has 4 atom stereocenters. The minimum absolute atomic E-state index is 0.270. The zero-order valence-electron chi connectivity index (χ0n) is 11.2. The van der Waals surface area contributed by atoms with E-state index in [1.54, 1.807) is 0 Å². The molecule has 4 unspecified atom stereocenters. The third-order valence-electron chi connectivity index (χ3n) is 5.03. The Hall–Kier alpha value is -0.0100. The van der Waals surface area contributed by atoms with Crippen LogP contribution < -0.4 is 0 Å². The minimum atomic E-state index is 0.270. The number of hydrogen-bond donors (Lipinski definition) is 0. The summed E-state index contributed by atoms with van der Waals surface area (Å²) < 4.78 is 0. The SMILES string of the molecule is Cc1ccc(C(Cl)C2CCC3CCCCC3C2)s1. The van der Waals surface area contributed by atoms with E-state index in [-0.39, 0.29) is 5.38 Å². The quantitative estimate of drug-likeness (QED) is 0.589. The summed E-state index contributed by atoms with van der Waals surface area (Å²) in [6.45, 7) is 2.18. The first-order valence-electron chi connectivity index (χ1n) is 7.44. The van der Waals surface area contributed by atoms with E-state index in [0.29, 0.717) is 0 Å². The molecule has 1 heterocycles. The highest BCUT2D eigenvalue weighted by Crippen LogP contribution is 2.48. The molecule has 2 fully saturated rings. The van der Waals surface area contributed by atoms with E-state index in [1.165, 1.54) is 54.7 Å². The van der Waals surface area contributed by atoms with Gasteiger partial charge in [0.1, 0.15) is 0 Å². The van der Waals surface area contributed by atoms with Crippen molar-refractivity contribution in [3.05, 3.63) is 21.9 Å². The molecule has 0 amide bonds. The Morgan fingerprint density at radius 1 is 1.11 bits per heavy atom. The summed E-state index contributed by atoms with van der Waals surface area (Å²) in [5.41, 5.74) is 0. The third-order valence-corrected chi connectivity index (χ3v) is 6.83. The van der Waals surface area contributed by atoms with Crippen LogP contribution in [0.2, 0.25) is 0 Å². The second-order valence-electron chi connectivity index (χ2n) is 6.23. The van der Waals surface area contributed by atoms with Gasteiger partial charge in [0.05, 0.1) is 5.38 Å². The molecular formula is C16H23ClS. The molecule has 0 nitrogen and oxygen atoms in total. The maximum Gasteiger partial charge on any atom is 0.0706 e. The van der Waals surface area contributed by atoms with Gasteiger partial charge >= 0.3 is 0 Å². The van der Waals surface area contributed by atoms with Gasteiger partial charge in [-0.05, 0) is 56.1 Å². The third kappa shape index (κ3) is 2.63. The minimum Gasteiger partial charge on any atom is -0.144 e. The van der Waals surface area contributed by atoms with Crippen molar-refractivity contribution in [2.24, 2.45) is 17.8 Å². The lowest BCUT2D eigenvalue weighted by atomic mass is 9.67. The van der Waals surface area contributed by atoms with Gasteiger partial charge in [-0.15, -0.1) is 22.9 Å². The first-order valence-corrected chi connectivity index (χ1v) is 8.69. The van der Waals surface area contributed by atoms with Crippen molar-refractivity contribution in [2.75, 3.05) is 0 Å². The first-order chi connectivity index (χ1) is 8.74. The Bertz CT molecular complexity index is 398. The fraction of sp³-hybridized carbons (Fsp3) is 0.750. The molecule has 0 N–H and O–H groups in total. The first kappa shape index (κ1) is 13.0. The number of rotatable bonds is 2. The maximum absolute atomic E-state index is 6.74. The standard InChI is InChI=1S/C16H23ClS/c1-11-6-9-15(18-11)16(17)14-8-7-12-4-2-3-5-13(12)10-14/h6,9,12-14,16H,2-5,7-8,10H2,1H3. The Morgan fingerprint density at radius 2 is 1.89 bits per heavy atom. The van der Waals surface area contributed by atoms with Crippen molar-refractivity contribution in [1.29, 1.82) is 0 Å². The molecule has 2 saturated carbocycles. The molecule has 18 heavy (non-hydrogen) atoms. The van der Waals surface area contributed by atoms with Gasteiger partial charge in [0.2, 0.25) is 0 Å². The zero-order valence-corrected chi connectivity index (χ0v) is 12.8. The van der Waals surface area contributed by atoms with Crippen LogP contribution >= 0.6 is 22.9 Å². The molecule has 3 rings (SSSR count). The van der Waals surface area contributed by atoms with E-state index in [0.717, 1.165) is 17.8 Å². The summed E-state index contributed by atoms with van der Waals surface area (Å²) in [4.78, 5) is 2.79. The second-order valence-corrected chi connectivity index (χ2v) is 8.02. The summed E-state index contributed by atoms with van der Waals surface area (Å²) in [5, 5.41) is 0.270. The van der Waals surface area contributed by atoms with Gasteiger partial charge < -0.3 is 0 Å². The molecule has 0 spiro atoms. The van der Waals surface area contributed by atoms with Crippen molar-refractivity contribution in [3.8, 4) is 0 Å². The normalized spacial score (nSPS) is 34.0. The monoisotopic (exact) mass is 282 g/mol. The lowest BCUT2D eigenvalue weighted by Crippen LogP contribution is -2.29. The molecule has 2 heteroatoms. The lowest BCUT2D eigenvalue weighted by molar-refractivity contribution is 0.128. The number of thiophene rings is 1.